The van der Waals surface area contributed by atoms with Gasteiger partial charge in [-0.05, 0) is 30.9 Å². The third-order valence-corrected chi connectivity index (χ3v) is 4.06. The van der Waals surface area contributed by atoms with E-state index in [0.717, 1.165) is 37.6 Å². The standard InChI is InChI=1S/C16H22N2O4/c1-12-4-7-18(8-5-12)16(19)17-6-9-20-13-2-3-14-15(10-13)22-11-21-14/h2-3,10,12H,4-9,11H2,1H3,(H,17,19). The Hall–Kier alpha value is -2.11. The number of fused-ring (bicyclic) bond motifs is 1. The molecule has 2 heterocycles. The van der Waals surface area contributed by atoms with E-state index in [1.165, 1.54) is 0 Å². The van der Waals surface area contributed by atoms with Gasteiger partial charge in [0.2, 0.25) is 6.79 Å². The molecule has 22 heavy (non-hydrogen) atoms. The molecule has 1 N–H and O–H groups in total. The van der Waals surface area contributed by atoms with E-state index in [-0.39, 0.29) is 12.8 Å². The van der Waals surface area contributed by atoms with Crippen molar-refractivity contribution in [2.45, 2.75) is 19.8 Å². The molecular weight excluding hydrogens is 284 g/mol. The lowest BCUT2D eigenvalue weighted by atomic mass is 10.00. The lowest BCUT2D eigenvalue weighted by Crippen LogP contribution is -2.45. The number of hydrogen-bond donors (Lipinski definition) is 1. The quantitative estimate of drug-likeness (QED) is 0.867. The van der Waals surface area contributed by atoms with Gasteiger partial charge in [-0.2, -0.15) is 0 Å². The Kier molecular flexibility index (Phi) is 4.56. The van der Waals surface area contributed by atoms with Crippen molar-refractivity contribution < 1.29 is 19.0 Å². The summed E-state index contributed by atoms with van der Waals surface area (Å²) in [6, 6.07) is 5.46. The minimum atomic E-state index is 0.00110. The normalized spacial score (nSPS) is 17.4. The molecule has 1 fully saturated rings. The van der Waals surface area contributed by atoms with Crippen LogP contribution in [0.2, 0.25) is 0 Å². The van der Waals surface area contributed by atoms with E-state index in [1.807, 2.05) is 17.0 Å². The molecule has 0 aliphatic carbocycles. The molecule has 2 aliphatic rings. The van der Waals surface area contributed by atoms with Crippen LogP contribution in [0.1, 0.15) is 19.8 Å². The average molecular weight is 306 g/mol. The summed E-state index contributed by atoms with van der Waals surface area (Å²) in [6.07, 6.45) is 2.17. The molecule has 6 nitrogen and oxygen atoms in total. The number of amides is 2. The average Bonchev–Trinajstić information content (AvgIpc) is 2.99. The van der Waals surface area contributed by atoms with Crippen LogP contribution >= 0.6 is 0 Å². The summed E-state index contributed by atoms with van der Waals surface area (Å²) >= 11 is 0. The van der Waals surface area contributed by atoms with Crippen molar-refractivity contribution in [2.75, 3.05) is 33.0 Å². The molecule has 120 valence electrons. The van der Waals surface area contributed by atoms with Gasteiger partial charge in [0, 0.05) is 19.2 Å². The lowest BCUT2D eigenvalue weighted by Gasteiger charge is -2.30. The number of carbonyl (C=O) groups is 1. The fourth-order valence-electron chi connectivity index (χ4n) is 2.62. The molecule has 1 saturated heterocycles. The van der Waals surface area contributed by atoms with Gasteiger partial charge in [-0.15, -0.1) is 0 Å². The fourth-order valence-corrected chi connectivity index (χ4v) is 2.62. The summed E-state index contributed by atoms with van der Waals surface area (Å²) in [5.41, 5.74) is 0. The Morgan fingerprint density at radius 1 is 1.32 bits per heavy atom. The number of rotatable bonds is 4. The van der Waals surface area contributed by atoms with Crippen LogP contribution in [-0.4, -0.2) is 44.0 Å². The van der Waals surface area contributed by atoms with Crippen LogP contribution < -0.4 is 19.5 Å². The minimum absolute atomic E-state index is 0.00110. The first kappa shape index (κ1) is 14.8. The first-order valence-corrected chi connectivity index (χ1v) is 7.77. The van der Waals surface area contributed by atoms with E-state index in [9.17, 15) is 4.79 Å². The van der Waals surface area contributed by atoms with Crippen molar-refractivity contribution in [2.24, 2.45) is 5.92 Å². The molecule has 0 atom stereocenters. The minimum Gasteiger partial charge on any atom is -0.492 e. The lowest BCUT2D eigenvalue weighted by molar-refractivity contribution is 0.171. The number of carbonyl (C=O) groups excluding carboxylic acids is 1. The molecule has 0 saturated carbocycles. The Bertz CT molecular complexity index is 527. The second-order valence-electron chi connectivity index (χ2n) is 5.77. The van der Waals surface area contributed by atoms with E-state index < -0.39 is 0 Å². The highest BCUT2D eigenvalue weighted by Crippen LogP contribution is 2.34. The van der Waals surface area contributed by atoms with E-state index in [4.69, 9.17) is 14.2 Å². The van der Waals surface area contributed by atoms with Gasteiger partial charge in [-0.1, -0.05) is 6.92 Å². The largest absolute Gasteiger partial charge is 0.492 e. The Morgan fingerprint density at radius 3 is 2.91 bits per heavy atom. The number of hydrogen-bond acceptors (Lipinski definition) is 4. The smallest absolute Gasteiger partial charge is 0.317 e. The second-order valence-corrected chi connectivity index (χ2v) is 5.77. The summed E-state index contributed by atoms with van der Waals surface area (Å²) in [5, 5.41) is 2.90. The first-order chi connectivity index (χ1) is 10.7. The van der Waals surface area contributed by atoms with Crippen LogP contribution in [0.25, 0.3) is 0 Å². The van der Waals surface area contributed by atoms with Crippen molar-refractivity contribution in [1.29, 1.82) is 0 Å². The van der Waals surface area contributed by atoms with Crippen molar-refractivity contribution in [3.8, 4) is 17.2 Å². The molecule has 0 unspecified atom stereocenters. The Morgan fingerprint density at radius 2 is 2.09 bits per heavy atom. The molecule has 0 spiro atoms. The molecule has 1 aromatic carbocycles. The van der Waals surface area contributed by atoms with Crippen LogP contribution in [0.3, 0.4) is 0 Å². The SMILES string of the molecule is CC1CCN(C(=O)NCCOc2ccc3c(c2)OCO3)CC1. The maximum Gasteiger partial charge on any atom is 0.317 e. The molecule has 0 bridgehead atoms. The van der Waals surface area contributed by atoms with Crippen LogP contribution in [0.4, 0.5) is 4.79 Å². The summed E-state index contributed by atoms with van der Waals surface area (Å²) in [4.78, 5) is 13.9. The molecule has 3 rings (SSSR count). The van der Waals surface area contributed by atoms with Gasteiger partial charge < -0.3 is 24.4 Å². The summed E-state index contributed by atoms with van der Waals surface area (Å²) < 4.78 is 16.2. The number of nitrogens with one attached hydrogen (secondary N) is 1. The zero-order valence-electron chi connectivity index (χ0n) is 12.8. The van der Waals surface area contributed by atoms with E-state index in [1.54, 1.807) is 6.07 Å². The van der Waals surface area contributed by atoms with E-state index in [0.29, 0.717) is 24.7 Å². The van der Waals surface area contributed by atoms with Gasteiger partial charge >= 0.3 is 6.03 Å². The van der Waals surface area contributed by atoms with Crippen LogP contribution in [0, 0.1) is 5.92 Å². The van der Waals surface area contributed by atoms with Crippen molar-refractivity contribution in [3.05, 3.63) is 18.2 Å². The van der Waals surface area contributed by atoms with Gasteiger partial charge in [-0.25, -0.2) is 4.79 Å². The second kappa shape index (κ2) is 6.77. The number of piperidine rings is 1. The maximum absolute atomic E-state index is 12.0. The molecule has 0 radical (unpaired) electrons. The summed E-state index contributed by atoms with van der Waals surface area (Å²) in [7, 11) is 0. The first-order valence-electron chi connectivity index (χ1n) is 7.77. The monoisotopic (exact) mass is 306 g/mol. The predicted molar refractivity (Wildman–Crippen MR) is 81.4 cm³/mol. The zero-order valence-corrected chi connectivity index (χ0v) is 12.8. The Balaban J connectivity index is 1.37. The molecular formula is C16H22N2O4. The third kappa shape index (κ3) is 3.55. The predicted octanol–water partition coefficient (Wildman–Crippen LogP) is 2.24. The number of urea groups is 1. The van der Waals surface area contributed by atoms with Crippen LogP contribution in [0.5, 0.6) is 17.2 Å². The zero-order chi connectivity index (χ0) is 15.4. The van der Waals surface area contributed by atoms with Gasteiger partial charge in [0.15, 0.2) is 11.5 Å². The third-order valence-electron chi connectivity index (χ3n) is 4.06. The summed E-state index contributed by atoms with van der Waals surface area (Å²) in [5.74, 6) is 2.87. The number of benzene rings is 1. The van der Waals surface area contributed by atoms with Crippen molar-refractivity contribution in [3.63, 3.8) is 0 Å². The molecule has 2 aliphatic heterocycles. The fraction of sp³-hybridized carbons (Fsp3) is 0.562. The van der Waals surface area contributed by atoms with Gasteiger partial charge in [0.05, 0.1) is 6.54 Å². The van der Waals surface area contributed by atoms with Gasteiger partial charge in [-0.3, -0.25) is 0 Å². The molecule has 0 aromatic heterocycles. The maximum atomic E-state index is 12.0. The van der Waals surface area contributed by atoms with Crippen molar-refractivity contribution in [1.82, 2.24) is 10.2 Å². The number of ether oxygens (including phenoxy) is 3. The molecule has 2 amide bonds. The molecule has 6 heteroatoms. The number of likely N-dealkylation sites (tertiary alicyclic amines) is 1. The Labute approximate surface area is 130 Å². The van der Waals surface area contributed by atoms with Gasteiger partial charge in [0.25, 0.3) is 0 Å². The summed E-state index contributed by atoms with van der Waals surface area (Å²) in [6.45, 7) is 5.08. The highest BCUT2D eigenvalue weighted by atomic mass is 16.7. The highest BCUT2D eigenvalue weighted by molar-refractivity contribution is 5.74. The topological polar surface area (TPSA) is 60.0 Å². The van der Waals surface area contributed by atoms with E-state index >= 15 is 0 Å². The molecule has 1 aromatic rings. The number of nitrogens with zero attached hydrogens (tertiary/aromatic N) is 1. The highest BCUT2D eigenvalue weighted by Gasteiger charge is 2.19. The van der Waals surface area contributed by atoms with Crippen molar-refractivity contribution >= 4 is 6.03 Å². The van der Waals surface area contributed by atoms with Crippen LogP contribution in [-0.2, 0) is 0 Å². The van der Waals surface area contributed by atoms with Gasteiger partial charge in [0.1, 0.15) is 12.4 Å². The van der Waals surface area contributed by atoms with Crippen LogP contribution in [0.15, 0.2) is 18.2 Å². The van der Waals surface area contributed by atoms with E-state index in [2.05, 4.69) is 12.2 Å².